The van der Waals surface area contributed by atoms with Crippen LogP contribution in [-0.2, 0) is 6.54 Å². The molecular weight excluding hydrogens is 458 g/mol. The molecule has 2 heterocycles. The number of hydrazine groups is 1. The van der Waals surface area contributed by atoms with Crippen molar-refractivity contribution in [3.8, 4) is 6.07 Å². The normalized spacial score (nSPS) is 14.4. The van der Waals surface area contributed by atoms with Gasteiger partial charge in [0.05, 0.1) is 6.20 Å². The fourth-order valence-corrected chi connectivity index (χ4v) is 3.96. The lowest BCUT2D eigenvalue weighted by Crippen LogP contribution is -2.45. The third-order valence-electron chi connectivity index (χ3n) is 5.40. The molecule has 2 amide bonds. The Morgan fingerprint density at radius 3 is 2.56 bits per heavy atom. The van der Waals surface area contributed by atoms with Crippen molar-refractivity contribution in [2.75, 3.05) is 24.6 Å². The van der Waals surface area contributed by atoms with Crippen molar-refractivity contribution in [2.45, 2.75) is 39.3 Å². The maximum Gasteiger partial charge on any atom is 0.404 e. The number of rotatable bonds is 8. The molecule has 0 aliphatic carbocycles. The molecule has 1 saturated heterocycles. The van der Waals surface area contributed by atoms with Crippen molar-refractivity contribution in [2.24, 2.45) is 5.92 Å². The van der Waals surface area contributed by atoms with Gasteiger partial charge in [0.15, 0.2) is 5.82 Å². The molecule has 3 rings (SSSR count). The predicted molar refractivity (Wildman–Crippen MR) is 127 cm³/mol. The SMILES string of the molecule is CC(C)CN(NC(=O)c1ccc(CN2CCC(NC(=O)O)CC2)cc1)c1nc(C#N)ncc1Cl. The fraction of sp³-hybridized carbons (Fsp3) is 0.435. The van der Waals surface area contributed by atoms with Gasteiger partial charge in [-0.05, 0) is 36.5 Å². The van der Waals surface area contributed by atoms with Crippen LogP contribution in [0, 0.1) is 17.2 Å². The number of nitrogens with zero attached hydrogens (tertiary/aromatic N) is 5. The Bertz CT molecular complexity index is 1050. The summed E-state index contributed by atoms with van der Waals surface area (Å²) >= 11 is 6.24. The van der Waals surface area contributed by atoms with Crippen molar-refractivity contribution in [3.63, 3.8) is 0 Å². The highest BCUT2D eigenvalue weighted by Crippen LogP contribution is 2.22. The second-order valence-electron chi connectivity index (χ2n) is 8.62. The minimum absolute atomic E-state index is 0.00114. The number of piperidine rings is 1. The van der Waals surface area contributed by atoms with Crippen molar-refractivity contribution in [3.05, 3.63) is 52.4 Å². The Kier molecular flexibility index (Phi) is 8.62. The summed E-state index contributed by atoms with van der Waals surface area (Å²) in [6.07, 6.45) is 1.92. The summed E-state index contributed by atoms with van der Waals surface area (Å²) < 4.78 is 0. The lowest BCUT2D eigenvalue weighted by molar-refractivity contribution is 0.0947. The summed E-state index contributed by atoms with van der Waals surface area (Å²) in [6, 6.07) is 9.23. The molecule has 3 N–H and O–H groups in total. The summed E-state index contributed by atoms with van der Waals surface area (Å²) in [5.74, 6) is 0.109. The van der Waals surface area contributed by atoms with E-state index in [0.29, 0.717) is 12.1 Å². The number of hydrogen-bond donors (Lipinski definition) is 3. The molecule has 1 aromatic carbocycles. The zero-order chi connectivity index (χ0) is 24.7. The van der Waals surface area contributed by atoms with E-state index >= 15 is 0 Å². The zero-order valence-corrected chi connectivity index (χ0v) is 19.9. The first-order valence-corrected chi connectivity index (χ1v) is 11.4. The van der Waals surface area contributed by atoms with Gasteiger partial charge in [-0.15, -0.1) is 0 Å². The molecule has 1 aromatic heterocycles. The van der Waals surface area contributed by atoms with Gasteiger partial charge >= 0.3 is 6.09 Å². The highest BCUT2D eigenvalue weighted by molar-refractivity contribution is 6.32. The molecule has 10 nitrogen and oxygen atoms in total. The standard InChI is InChI=1S/C23H28ClN7O3/c1-15(2)13-31(21-19(24)12-26-20(11-25)28-21)29-22(32)17-5-3-16(4-6-17)14-30-9-7-18(8-10-30)27-23(33)34/h3-6,12,15,18,27H,7-10,13-14H2,1-2H3,(H,29,32)(H,33,34). The Balaban J connectivity index is 1.63. The second-order valence-corrected chi connectivity index (χ2v) is 9.03. The van der Waals surface area contributed by atoms with Crippen LogP contribution in [0.2, 0.25) is 5.02 Å². The molecule has 0 spiro atoms. The molecule has 2 aromatic rings. The lowest BCUT2D eigenvalue weighted by Gasteiger charge is -2.31. The molecule has 0 unspecified atom stereocenters. The van der Waals surface area contributed by atoms with Crippen LogP contribution in [0.15, 0.2) is 30.5 Å². The highest BCUT2D eigenvalue weighted by Gasteiger charge is 2.21. The van der Waals surface area contributed by atoms with Crippen molar-refractivity contribution in [1.82, 2.24) is 25.6 Å². The molecule has 1 fully saturated rings. The molecular formula is C23H28ClN7O3. The third kappa shape index (κ3) is 7.04. The Morgan fingerprint density at radius 1 is 1.29 bits per heavy atom. The highest BCUT2D eigenvalue weighted by atomic mass is 35.5. The number of aromatic nitrogens is 2. The summed E-state index contributed by atoms with van der Waals surface area (Å²) in [5, 5.41) is 22.3. The number of amides is 2. The minimum atomic E-state index is -0.980. The summed E-state index contributed by atoms with van der Waals surface area (Å²) in [4.78, 5) is 34.0. The second kappa shape index (κ2) is 11.6. The molecule has 0 saturated carbocycles. The summed E-state index contributed by atoms with van der Waals surface area (Å²) in [7, 11) is 0. The molecule has 0 bridgehead atoms. The van der Waals surface area contributed by atoms with Gasteiger partial charge < -0.3 is 10.4 Å². The smallest absolute Gasteiger partial charge is 0.404 e. The van der Waals surface area contributed by atoms with Crippen LogP contribution in [0.3, 0.4) is 0 Å². The van der Waals surface area contributed by atoms with E-state index in [9.17, 15) is 9.59 Å². The minimum Gasteiger partial charge on any atom is -0.465 e. The number of nitrogens with one attached hydrogen (secondary N) is 2. The molecule has 11 heteroatoms. The van der Waals surface area contributed by atoms with Crippen LogP contribution in [0.1, 0.15) is 48.4 Å². The van der Waals surface area contributed by atoms with Crippen LogP contribution in [0.25, 0.3) is 0 Å². The van der Waals surface area contributed by atoms with Gasteiger partial charge in [0.2, 0.25) is 5.82 Å². The number of hydrogen-bond acceptors (Lipinski definition) is 7. The zero-order valence-electron chi connectivity index (χ0n) is 19.2. The average molecular weight is 486 g/mol. The number of benzene rings is 1. The molecule has 34 heavy (non-hydrogen) atoms. The first-order chi connectivity index (χ1) is 16.2. The average Bonchev–Trinajstić information content (AvgIpc) is 2.80. The van der Waals surface area contributed by atoms with E-state index < -0.39 is 6.09 Å². The van der Waals surface area contributed by atoms with Crippen LogP contribution in [0.5, 0.6) is 0 Å². The molecule has 0 atom stereocenters. The number of nitriles is 1. The van der Waals surface area contributed by atoms with Gasteiger partial charge in [0.25, 0.3) is 5.91 Å². The van der Waals surface area contributed by atoms with E-state index in [1.165, 1.54) is 6.20 Å². The van der Waals surface area contributed by atoms with E-state index in [1.54, 1.807) is 17.1 Å². The third-order valence-corrected chi connectivity index (χ3v) is 5.67. The molecule has 180 valence electrons. The summed E-state index contributed by atoms with van der Waals surface area (Å²) in [6.45, 7) is 6.78. The van der Waals surface area contributed by atoms with Crippen LogP contribution in [0.4, 0.5) is 10.6 Å². The van der Waals surface area contributed by atoms with Gasteiger partial charge in [-0.25, -0.2) is 9.78 Å². The topological polar surface area (TPSA) is 134 Å². The van der Waals surface area contributed by atoms with Crippen molar-refractivity contribution >= 4 is 29.4 Å². The van der Waals surface area contributed by atoms with Crippen LogP contribution >= 0.6 is 11.6 Å². The number of carboxylic acid groups (broad SMARTS) is 1. The fourth-order valence-electron chi connectivity index (χ4n) is 3.77. The first kappa shape index (κ1) is 25.2. The van der Waals surface area contributed by atoms with E-state index in [2.05, 4.69) is 25.6 Å². The van der Waals surface area contributed by atoms with Crippen molar-refractivity contribution < 1.29 is 14.7 Å². The van der Waals surface area contributed by atoms with Gasteiger partial charge in [0.1, 0.15) is 11.1 Å². The summed E-state index contributed by atoms with van der Waals surface area (Å²) in [5.41, 5.74) is 4.39. The first-order valence-electron chi connectivity index (χ1n) is 11.1. The quantitative estimate of drug-likeness (QED) is 0.485. The number of halogens is 1. The monoisotopic (exact) mass is 485 g/mol. The molecule has 1 aliphatic heterocycles. The maximum absolute atomic E-state index is 12.9. The van der Waals surface area contributed by atoms with Crippen molar-refractivity contribution in [1.29, 1.82) is 5.26 Å². The Hall–Kier alpha value is -3.42. The van der Waals surface area contributed by atoms with E-state index in [4.69, 9.17) is 22.0 Å². The number of carbonyl (C=O) groups excluding carboxylic acids is 1. The van der Waals surface area contributed by atoms with Gasteiger partial charge in [-0.3, -0.25) is 20.1 Å². The molecule has 1 aliphatic rings. The van der Waals surface area contributed by atoms with Gasteiger partial charge in [-0.1, -0.05) is 37.6 Å². The molecule has 0 radical (unpaired) electrons. The van der Waals surface area contributed by atoms with Crippen LogP contribution < -0.4 is 15.8 Å². The lowest BCUT2D eigenvalue weighted by atomic mass is 10.0. The Morgan fingerprint density at radius 2 is 1.97 bits per heavy atom. The van der Waals surface area contributed by atoms with E-state index in [0.717, 1.165) is 38.0 Å². The van der Waals surface area contributed by atoms with E-state index in [1.807, 2.05) is 32.0 Å². The van der Waals surface area contributed by atoms with E-state index in [-0.39, 0.29) is 34.5 Å². The predicted octanol–water partition coefficient (Wildman–Crippen LogP) is 3.04. The largest absolute Gasteiger partial charge is 0.465 e. The Labute approximate surface area is 203 Å². The van der Waals surface area contributed by atoms with Gasteiger partial charge in [-0.2, -0.15) is 10.2 Å². The van der Waals surface area contributed by atoms with Crippen LogP contribution in [-0.4, -0.2) is 57.7 Å². The number of carbonyl (C=O) groups is 2. The number of anilines is 1. The van der Waals surface area contributed by atoms with Gasteiger partial charge in [0, 0.05) is 37.8 Å². The number of likely N-dealkylation sites (tertiary alicyclic amines) is 1. The maximum atomic E-state index is 12.9.